The first-order valence-electron chi connectivity index (χ1n) is 5.82. The van der Waals surface area contributed by atoms with Crippen LogP contribution in [0.1, 0.15) is 33.3 Å². The first-order chi connectivity index (χ1) is 7.45. The van der Waals surface area contributed by atoms with Gasteiger partial charge in [-0.1, -0.05) is 20.4 Å². The van der Waals surface area contributed by atoms with Crippen molar-refractivity contribution in [3.63, 3.8) is 0 Å². The molecule has 0 radical (unpaired) electrons. The van der Waals surface area contributed by atoms with E-state index in [-0.39, 0.29) is 0 Å². The van der Waals surface area contributed by atoms with E-state index >= 15 is 0 Å². The van der Waals surface area contributed by atoms with Gasteiger partial charge in [0, 0.05) is 24.8 Å². The highest BCUT2D eigenvalue weighted by Crippen LogP contribution is 2.28. The van der Waals surface area contributed by atoms with E-state index in [1.54, 1.807) is 0 Å². The Morgan fingerprint density at radius 2 is 1.94 bits per heavy atom. The highest BCUT2D eigenvalue weighted by molar-refractivity contribution is 5.74. The van der Waals surface area contributed by atoms with Crippen molar-refractivity contribution in [2.45, 2.75) is 33.7 Å². The molecule has 0 fully saturated rings. The van der Waals surface area contributed by atoms with E-state index in [0.29, 0.717) is 12.0 Å². The minimum atomic E-state index is 0.439. The Bertz CT molecular complexity index is 367. The van der Waals surface area contributed by atoms with E-state index in [9.17, 15) is 0 Å². The molecule has 0 unspecified atom stereocenters. The summed E-state index contributed by atoms with van der Waals surface area (Å²) in [4.78, 5) is 6.65. The fraction of sp³-hybridized carbons (Fsp3) is 0.500. The van der Waals surface area contributed by atoms with Gasteiger partial charge < -0.3 is 4.90 Å². The van der Waals surface area contributed by atoms with Crippen LogP contribution in [0.5, 0.6) is 0 Å². The summed E-state index contributed by atoms with van der Waals surface area (Å²) in [5.41, 5.74) is 2.31. The lowest BCUT2D eigenvalue weighted by atomic mass is 9.97. The molecule has 0 amide bonds. The molecule has 0 saturated heterocycles. The molecule has 0 N–H and O–H groups in total. The predicted octanol–water partition coefficient (Wildman–Crippen LogP) is 3.60. The Morgan fingerprint density at radius 3 is 2.44 bits per heavy atom. The van der Waals surface area contributed by atoms with Crippen LogP contribution in [0.15, 0.2) is 24.9 Å². The molecule has 1 heterocycles. The van der Waals surface area contributed by atoms with E-state index in [2.05, 4.69) is 57.3 Å². The third kappa shape index (κ3) is 2.63. The number of rotatable bonds is 4. The molecule has 1 aromatic heterocycles. The molecule has 0 aliphatic rings. The fourth-order valence-electron chi connectivity index (χ4n) is 1.48. The van der Waals surface area contributed by atoms with Gasteiger partial charge in [0.25, 0.3) is 0 Å². The van der Waals surface area contributed by atoms with Crippen molar-refractivity contribution in [2.24, 2.45) is 5.92 Å². The van der Waals surface area contributed by atoms with Crippen LogP contribution in [0.2, 0.25) is 0 Å². The molecule has 0 saturated carbocycles. The molecular formula is C14H22N2. The number of hydrogen-bond acceptors (Lipinski definition) is 2. The average molecular weight is 218 g/mol. The van der Waals surface area contributed by atoms with Gasteiger partial charge in [0.2, 0.25) is 0 Å². The lowest BCUT2D eigenvalue weighted by Crippen LogP contribution is -2.27. The van der Waals surface area contributed by atoms with Crippen LogP contribution < -0.4 is 4.90 Å². The average Bonchev–Trinajstić information content (AvgIpc) is 2.26. The van der Waals surface area contributed by atoms with E-state index in [4.69, 9.17) is 0 Å². The standard InChI is InChI=1S/C14H22N2/c1-10(2)12(5)13-8-7-9-15-14(13)16(6)11(3)4/h7-11H,5H2,1-4,6H3. The first-order valence-corrected chi connectivity index (χ1v) is 5.82. The molecule has 0 aliphatic carbocycles. The predicted molar refractivity (Wildman–Crippen MR) is 71.6 cm³/mol. The van der Waals surface area contributed by atoms with Crippen LogP contribution in [0.4, 0.5) is 5.82 Å². The minimum absolute atomic E-state index is 0.439. The summed E-state index contributed by atoms with van der Waals surface area (Å²) in [6.07, 6.45) is 1.84. The maximum atomic E-state index is 4.47. The van der Waals surface area contributed by atoms with Crippen molar-refractivity contribution in [1.82, 2.24) is 4.98 Å². The summed E-state index contributed by atoms with van der Waals surface area (Å²) < 4.78 is 0. The number of allylic oxidation sites excluding steroid dienone is 1. The summed E-state index contributed by atoms with van der Waals surface area (Å²) in [5.74, 6) is 1.47. The number of pyridine rings is 1. The molecule has 88 valence electrons. The Balaban J connectivity index is 3.15. The summed E-state index contributed by atoms with van der Waals surface area (Å²) >= 11 is 0. The largest absolute Gasteiger partial charge is 0.357 e. The van der Waals surface area contributed by atoms with Gasteiger partial charge >= 0.3 is 0 Å². The number of aromatic nitrogens is 1. The van der Waals surface area contributed by atoms with Gasteiger partial charge in [0.05, 0.1) is 0 Å². The highest BCUT2D eigenvalue weighted by Gasteiger charge is 2.14. The van der Waals surface area contributed by atoms with Crippen molar-refractivity contribution in [2.75, 3.05) is 11.9 Å². The number of anilines is 1. The Morgan fingerprint density at radius 1 is 1.31 bits per heavy atom. The molecule has 2 nitrogen and oxygen atoms in total. The van der Waals surface area contributed by atoms with Crippen molar-refractivity contribution < 1.29 is 0 Å². The lowest BCUT2D eigenvalue weighted by Gasteiger charge is -2.26. The first kappa shape index (κ1) is 12.8. The molecule has 0 bridgehead atoms. The van der Waals surface area contributed by atoms with Crippen molar-refractivity contribution in [3.05, 3.63) is 30.5 Å². The van der Waals surface area contributed by atoms with E-state index < -0.39 is 0 Å². The van der Waals surface area contributed by atoms with Crippen LogP contribution in [-0.2, 0) is 0 Å². The second-order valence-corrected chi connectivity index (χ2v) is 4.76. The highest BCUT2D eigenvalue weighted by atomic mass is 15.2. The zero-order valence-electron chi connectivity index (χ0n) is 11.0. The summed E-state index contributed by atoms with van der Waals surface area (Å²) in [6.45, 7) is 12.8. The third-order valence-electron chi connectivity index (χ3n) is 2.94. The zero-order chi connectivity index (χ0) is 12.3. The quantitative estimate of drug-likeness (QED) is 0.767. The number of nitrogens with zero attached hydrogens (tertiary/aromatic N) is 2. The van der Waals surface area contributed by atoms with Crippen LogP contribution in [0, 0.1) is 5.92 Å². The van der Waals surface area contributed by atoms with Crippen molar-refractivity contribution >= 4 is 11.4 Å². The maximum absolute atomic E-state index is 4.47. The SMILES string of the molecule is C=C(c1cccnc1N(C)C(C)C)C(C)C. The van der Waals surface area contributed by atoms with Crippen LogP contribution in [0.25, 0.3) is 5.57 Å². The van der Waals surface area contributed by atoms with E-state index in [1.165, 1.54) is 0 Å². The van der Waals surface area contributed by atoms with Crippen molar-refractivity contribution in [3.8, 4) is 0 Å². The molecule has 16 heavy (non-hydrogen) atoms. The second-order valence-electron chi connectivity index (χ2n) is 4.76. The van der Waals surface area contributed by atoms with Crippen LogP contribution in [0.3, 0.4) is 0 Å². The van der Waals surface area contributed by atoms with Gasteiger partial charge in [0.1, 0.15) is 5.82 Å². The Labute approximate surface area is 99.0 Å². The maximum Gasteiger partial charge on any atom is 0.136 e. The molecule has 1 aromatic rings. The topological polar surface area (TPSA) is 16.1 Å². The Hall–Kier alpha value is -1.31. The normalized spacial score (nSPS) is 10.9. The molecular weight excluding hydrogens is 196 g/mol. The van der Waals surface area contributed by atoms with Gasteiger partial charge in [-0.3, -0.25) is 0 Å². The van der Waals surface area contributed by atoms with E-state index in [1.807, 2.05) is 12.3 Å². The number of hydrogen-bond donors (Lipinski definition) is 0. The monoisotopic (exact) mass is 218 g/mol. The van der Waals surface area contributed by atoms with Gasteiger partial charge in [0.15, 0.2) is 0 Å². The molecule has 0 spiro atoms. The van der Waals surface area contributed by atoms with Gasteiger partial charge in [-0.2, -0.15) is 0 Å². The fourth-order valence-corrected chi connectivity index (χ4v) is 1.48. The van der Waals surface area contributed by atoms with E-state index in [0.717, 1.165) is 17.0 Å². The van der Waals surface area contributed by atoms with Gasteiger partial charge in [-0.15, -0.1) is 0 Å². The smallest absolute Gasteiger partial charge is 0.136 e. The molecule has 0 atom stereocenters. The van der Waals surface area contributed by atoms with Gasteiger partial charge in [-0.05, 0) is 37.5 Å². The van der Waals surface area contributed by atoms with Crippen LogP contribution >= 0.6 is 0 Å². The Kier molecular flexibility index (Phi) is 4.11. The molecule has 2 heteroatoms. The molecule has 1 rings (SSSR count). The van der Waals surface area contributed by atoms with Gasteiger partial charge in [-0.25, -0.2) is 4.98 Å². The summed E-state index contributed by atoms with van der Waals surface area (Å²) in [7, 11) is 2.07. The third-order valence-corrected chi connectivity index (χ3v) is 2.94. The molecule has 0 aromatic carbocycles. The minimum Gasteiger partial charge on any atom is -0.357 e. The zero-order valence-corrected chi connectivity index (χ0v) is 11.0. The lowest BCUT2D eigenvalue weighted by molar-refractivity contribution is 0.740. The second kappa shape index (κ2) is 5.15. The summed E-state index contributed by atoms with van der Waals surface area (Å²) in [5, 5.41) is 0. The molecule has 0 aliphatic heterocycles. The summed E-state index contributed by atoms with van der Waals surface area (Å²) in [6, 6.07) is 4.51. The van der Waals surface area contributed by atoms with Crippen molar-refractivity contribution in [1.29, 1.82) is 0 Å². The van der Waals surface area contributed by atoms with Crippen LogP contribution in [-0.4, -0.2) is 18.1 Å².